The normalized spacial score (nSPS) is 15.7. The summed E-state index contributed by atoms with van der Waals surface area (Å²) in [5, 5.41) is 3.25. The molecule has 2 amide bonds. The monoisotopic (exact) mass is 372 g/mol. The smallest absolute Gasteiger partial charge is 0.254 e. The quantitative estimate of drug-likeness (QED) is 0.787. The van der Waals surface area contributed by atoms with E-state index in [9.17, 15) is 9.59 Å². The minimum atomic E-state index is -0.682. The van der Waals surface area contributed by atoms with Gasteiger partial charge in [-0.3, -0.25) is 9.59 Å². The molecule has 0 aromatic heterocycles. The van der Waals surface area contributed by atoms with E-state index >= 15 is 0 Å². The lowest BCUT2D eigenvalue weighted by molar-refractivity contribution is -0.126. The number of aryl methyl sites for hydroxylation is 1. The van der Waals surface area contributed by atoms with Crippen LogP contribution in [0.3, 0.4) is 0 Å². The van der Waals surface area contributed by atoms with Gasteiger partial charge in [-0.2, -0.15) is 0 Å². The van der Waals surface area contributed by atoms with Crippen molar-refractivity contribution in [1.29, 1.82) is 0 Å². The van der Waals surface area contributed by atoms with Crippen LogP contribution in [0, 0.1) is 6.92 Å². The first-order valence-corrected chi connectivity index (χ1v) is 8.91. The zero-order valence-electron chi connectivity index (χ0n) is 14.8. The number of amides is 2. The summed E-state index contributed by atoms with van der Waals surface area (Å²) >= 11 is 6.07. The molecule has 0 aliphatic carbocycles. The average Bonchev–Trinajstić information content (AvgIpc) is 2.84. The largest absolute Gasteiger partial charge is 0.493 e. The molecule has 6 heteroatoms. The van der Waals surface area contributed by atoms with Gasteiger partial charge in [0.15, 0.2) is 0 Å². The molecule has 2 aromatic rings. The summed E-state index contributed by atoms with van der Waals surface area (Å²) in [6, 6.07) is 12.5. The van der Waals surface area contributed by atoms with Crippen molar-refractivity contribution in [3.8, 4) is 5.75 Å². The lowest BCUT2D eigenvalue weighted by Gasteiger charge is -2.18. The molecule has 0 unspecified atom stereocenters. The average molecular weight is 373 g/mol. The van der Waals surface area contributed by atoms with Gasteiger partial charge < -0.3 is 15.0 Å². The van der Waals surface area contributed by atoms with Crippen LogP contribution in [0.2, 0.25) is 5.02 Å². The first-order chi connectivity index (χ1) is 12.5. The highest BCUT2D eigenvalue weighted by atomic mass is 35.5. The highest BCUT2D eigenvalue weighted by molar-refractivity contribution is 6.31. The second-order valence-electron chi connectivity index (χ2n) is 6.29. The summed E-state index contributed by atoms with van der Waals surface area (Å²) in [5.74, 6) is 0.455. The molecule has 0 bridgehead atoms. The number of nitrogens with one attached hydrogen (secondary N) is 1. The Morgan fingerprint density at radius 2 is 2.04 bits per heavy atom. The number of benzene rings is 2. The van der Waals surface area contributed by atoms with Crippen LogP contribution < -0.4 is 15.0 Å². The molecule has 0 spiro atoms. The third-order valence-corrected chi connectivity index (χ3v) is 4.56. The lowest BCUT2D eigenvalue weighted by Crippen LogP contribution is -2.37. The Balaban J connectivity index is 1.67. The molecule has 0 radical (unpaired) electrons. The van der Waals surface area contributed by atoms with Crippen molar-refractivity contribution in [3.05, 3.63) is 58.6 Å². The topological polar surface area (TPSA) is 58.6 Å². The van der Waals surface area contributed by atoms with Crippen molar-refractivity contribution in [2.24, 2.45) is 0 Å². The van der Waals surface area contributed by atoms with Crippen LogP contribution in [0.25, 0.3) is 0 Å². The van der Waals surface area contributed by atoms with Gasteiger partial charge in [0.1, 0.15) is 11.8 Å². The summed E-state index contributed by atoms with van der Waals surface area (Å²) in [7, 11) is 0. The maximum absolute atomic E-state index is 12.8. The number of hydrogen-bond acceptors (Lipinski definition) is 3. The van der Waals surface area contributed by atoms with Crippen LogP contribution in [0.15, 0.2) is 42.5 Å². The van der Waals surface area contributed by atoms with E-state index in [2.05, 4.69) is 5.32 Å². The Bertz CT molecular complexity index is 838. The Morgan fingerprint density at radius 1 is 1.27 bits per heavy atom. The van der Waals surface area contributed by atoms with Crippen molar-refractivity contribution in [3.63, 3.8) is 0 Å². The van der Waals surface area contributed by atoms with Gasteiger partial charge in [0.05, 0.1) is 6.61 Å². The van der Waals surface area contributed by atoms with Gasteiger partial charge in [-0.1, -0.05) is 29.8 Å². The minimum absolute atomic E-state index is 0.145. The van der Waals surface area contributed by atoms with Crippen molar-refractivity contribution < 1.29 is 14.3 Å². The number of halogens is 1. The molecule has 0 fully saturated rings. The molecule has 1 aliphatic rings. The van der Waals surface area contributed by atoms with Crippen LogP contribution in [-0.2, 0) is 9.59 Å². The van der Waals surface area contributed by atoms with Gasteiger partial charge in [-0.15, -0.1) is 0 Å². The molecule has 3 rings (SSSR count). The number of carbonyl (C=O) groups is 2. The van der Waals surface area contributed by atoms with E-state index in [4.69, 9.17) is 16.3 Å². The van der Waals surface area contributed by atoms with E-state index < -0.39 is 6.04 Å². The first kappa shape index (κ1) is 18.3. The number of rotatable bonds is 6. The number of ether oxygens (including phenoxy) is 1. The molecular weight excluding hydrogens is 352 g/mol. The predicted octanol–water partition coefficient (Wildman–Crippen LogP) is 3.64. The van der Waals surface area contributed by atoms with E-state index in [1.807, 2.05) is 37.3 Å². The van der Waals surface area contributed by atoms with E-state index in [1.54, 1.807) is 17.0 Å². The van der Waals surface area contributed by atoms with Crippen molar-refractivity contribution in [1.82, 2.24) is 5.32 Å². The van der Waals surface area contributed by atoms with E-state index in [0.29, 0.717) is 24.6 Å². The van der Waals surface area contributed by atoms with Gasteiger partial charge >= 0.3 is 0 Å². The Hall–Kier alpha value is -2.53. The van der Waals surface area contributed by atoms with E-state index in [-0.39, 0.29) is 11.8 Å². The summed E-state index contributed by atoms with van der Waals surface area (Å²) in [6.45, 7) is 4.41. The summed E-state index contributed by atoms with van der Waals surface area (Å²) < 4.78 is 5.80. The molecule has 136 valence electrons. The van der Waals surface area contributed by atoms with E-state index in [1.165, 1.54) is 6.92 Å². The Morgan fingerprint density at radius 3 is 2.77 bits per heavy atom. The molecule has 0 saturated heterocycles. The zero-order chi connectivity index (χ0) is 18.7. The number of hydrogen-bond donors (Lipinski definition) is 1. The standard InChI is InChI=1S/C20H21ClN2O3/c1-13-6-3-4-7-18(13)26-11-5-10-23-17-9-8-15(21)12-16(17)19(20(23)25)22-14(2)24/h3-4,6-9,12,19H,5,10-11H2,1-2H3,(H,22,24)/t19-/m0/s1. The molecule has 1 aliphatic heterocycles. The fourth-order valence-electron chi connectivity index (χ4n) is 3.11. The van der Waals surface area contributed by atoms with Crippen LogP contribution in [0.1, 0.15) is 30.5 Å². The number of nitrogens with zero attached hydrogens (tertiary/aromatic N) is 1. The van der Waals surface area contributed by atoms with Crippen LogP contribution in [-0.4, -0.2) is 25.0 Å². The van der Waals surface area contributed by atoms with Crippen LogP contribution in [0.4, 0.5) is 5.69 Å². The molecule has 2 aromatic carbocycles. The third kappa shape index (κ3) is 3.83. The molecule has 0 saturated carbocycles. The number of anilines is 1. The maximum atomic E-state index is 12.8. The van der Waals surface area contributed by atoms with Gasteiger partial charge in [0.2, 0.25) is 5.91 Å². The van der Waals surface area contributed by atoms with Crippen LogP contribution in [0.5, 0.6) is 5.75 Å². The Kier molecular flexibility index (Phi) is 5.47. The van der Waals surface area contributed by atoms with Gasteiger partial charge in [-0.05, 0) is 43.2 Å². The lowest BCUT2D eigenvalue weighted by atomic mass is 10.1. The third-order valence-electron chi connectivity index (χ3n) is 4.33. The SMILES string of the molecule is CC(=O)N[C@@H]1C(=O)N(CCCOc2ccccc2C)c2ccc(Cl)cc21. The molecule has 26 heavy (non-hydrogen) atoms. The summed E-state index contributed by atoms with van der Waals surface area (Å²) in [4.78, 5) is 25.9. The number of carbonyl (C=O) groups excluding carboxylic acids is 2. The fourth-order valence-corrected chi connectivity index (χ4v) is 3.29. The predicted molar refractivity (Wildman–Crippen MR) is 102 cm³/mol. The van der Waals surface area contributed by atoms with Crippen LogP contribution >= 0.6 is 11.6 Å². The maximum Gasteiger partial charge on any atom is 0.254 e. The van der Waals surface area contributed by atoms with Crippen molar-refractivity contribution in [2.45, 2.75) is 26.3 Å². The molecule has 1 heterocycles. The highest BCUT2D eigenvalue weighted by Gasteiger charge is 2.37. The zero-order valence-corrected chi connectivity index (χ0v) is 15.5. The molecule has 1 N–H and O–H groups in total. The summed E-state index contributed by atoms with van der Waals surface area (Å²) in [6.07, 6.45) is 0.676. The number of para-hydroxylation sites is 1. The molecule has 1 atom stereocenters. The second kappa shape index (κ2) is 7.79. The van der Waals surface area contributed by atoms with Crippen molar-refractivity contribution in [2.75, 3.05) is 18.1 Å². The second-order valence-corrected chi connectivity index (χ2v) is 6.73. The number of fused-ring (bicyclic) bond motifs is 1. The molecular formula is C20H21ClN2O3. The highest BCUT2D eigenvalue weighted by Crippen LogP contribution is 2.37. The van der Waals surface area contributed by atoms with Gasteiger partial charge in [-0.25, -0.2) is 0 Å². The van der Waals surface area contributed by atoms with Gasteiger partial charge in [0, 0.05) is 29.7 Å². The fraction of sp³-hybridized carbons (Fsp3) is 0.300. The van der Waals surface area contributed by atoms with Crippen molar-refractivity contribution >= 4 is 29.1 Å². The first-order valence-electron chi connectivity index (χ1n) is 8.53. The molecule has 5 nitrogen and oxygen atoms in total. The minimum Gasteiger partial charge on any atom is -0.493 e. The van der Waals surface area contributed by atoms with Gasteiger partial charge in [0.25, 0.3) is 5.91 Å². The van der Waals surface area contributed by atoms with E-state index in [0.717, 1.165) is 22.6 Å². The summed E-state index contributed by atoms with van der Waals surface area (Å²) in [5.41, 5.74) is 2.60. The Labute approximate surface area is 157 Å².